The number of rotatable bonds is 10. The van der Waals surface area contributed by atoms with E-state index in [1.54, 1.807) is 17.0 Å². The van der Waals surface area contributed by atoms with Crippen LogP contribution >= 0.6 is 11.6 Å². The topological polar surface area (TPSA) is 108 Å². The lowest BCUT2D eigenvalue weighted by atomic mass is 9.66. The summed E-state index contributed by atoms with van der Waals surface area (Å²) in [7, 11) is 0. The molecule has 41 heavy (non-hydrogen) atoms. The number of carbonyl (C=O) groups is 3. The van der Waals surface area contributed by atoms with E-state index < -0.39 is 23.2 Å². The first-order chi connectivity index (χ1) is 19.6. The molecule has 4 rings (SSSR count). The largest absolute Gasteiger partial charge is 0.445 e. The van der Waals surface area contributed by atoms with Gasteiger partial charge < -0.3 is 25.4 Å². The van der Waals surface area contributed by atoms with Crippen LogP contribution in [0.1, 0.15) is 69.9 Å². The average Bonchev–Trinajstić information content (AvgIpc) is 3.51. The Bertz CT molecular complexity index is 1180. The highest BCUT2D eigenvalue weighted by atomic mass is 35.5. The Morgan fingerprint density at radius 1 is 1.07 bits per heavy atom. The summed E-state index contributed by atoms with van der Waals surface area (Å²) >= 11 is 6.07. The zero-order valence-corrected chi connectivity index (χ0v) is 24.8. The minimum Gasteiger partial charge on any atom is -0.445 e. The van der Waals surface area contributed by atoms with Crippen LogP contribution in [0.25, 0.3) is 0 Å². The minimum absolute atomic E-state index is 0.0656. The molecule has 0 radical (unpaired) electrons. The second-order valence-electron chi connectivity index (χ2n) is 11.9. The maximum Gasteiger partial charge on any atom is 0.407 e. The summed E-state index contributed by atoms with van der Waals surface area (Å²) in [6.45, 7) is 5.11. The molecule has 8 nitrogen and oxygen atoms in total. The predicted molar refractivity (Wildman–Crippen MR) is 158 cm³/mol. The van der Waals surface area contributed by atoms with Crippen LogP contribution in [0.15, 0.2) is 54.6 Å². The SMILES string of the molecule is CC1(C)CN(C(=O)[C@@H](CCCNC(=O)OCc2ccccc2)NC(=O)C2CCCC2)CC[C@]1(O)c1ccc(Cl)cc1. The Hall–Kier alpha value is -3.10. The van der Waals surface area contributed by atoms with Gasteiger partial charge >= 0.3 is 6.09 Å². The molecule has 1 aliphatic carbocycles. The summed E-state index contributed by atoms with van der Waals surface area (Å²) in [4.78, 5) is 40.7. The number of amides is 3. The van der Waals surface area contributed by atoms with E-state index in [1.165, 1.54) is 0 Å². The molecule has 1 saturated carbocycles. The summed E-state index contributed by atoms with van der Waals surface area (Å²) in [6.07, 6.45) is 4.45. The van der Waals surface area contributed by atoms with E-state index in [4.69, 9.17) is 16.3 Å². The van der Waals surface area contributed by atoms with Crippen LogP contribution in [0.3, 0.4) is 0 Å². The van der Waals surface area contributed by atoms with Gasteiger partial charge in [0.25, 0.3) is 0 Å². The monoisotopic (exact) mass is 583 g/mol. The zero-order valence-electron chi connectivity index (χ0n) is 24.0. The lowest BCUT2D eigenvalue weighted by molar-refractivity contribution is -0.156. The van der Waals surface area contributed by atoms with Crippen LogP contribution in [-0.2, 0) is 26.5 Å². The summed E-state index contributed by atoms with van der Waals surface area (Å²) < 4.78 is 5.27. The first-order valence-corrected chi connectivity index (χ1v) is 15.0. The van der Waals surface area contributed by atoms with Gasteiger partial charge in [0.1, 0.15) is 12.6 Å². The van der Waals surface area contributed by atoms with Crippen LogP contribution in [0.2, 0.25) is 5.02 Å². The number of hydrogen-bond donors (Lipinski definition) is 3. The molecule has 3 N–H and O–H groups in total. The lowest BCUT2D eigenvalue weighted by Gasteiger charge is -2.51. The standard InChI is InChI=1S/C32H42ClN3O5/c1-31(2)22-36(20-18-32(31,40)25-14-16-26(33)17-15-25)29(38)27(35-28(37)24-11-6-7-12-24)13-8-19-34-30(39)41-21-23-9-4-3-5-10-23/h3-5,9-10,14-17,24,27,40H,6-8,11-13,18-22H2,1-2H3,(H,34,39)(H,35,37)/t27-,32+/m1/s1. The lowest BCUT2D eigenvalue weighted by Crippen LogP contribution is -2.60. The van der Waals surface area contributed by atoms with Gasteiger partial charge in [0.05, 0.1) is 5.60 Å². The van der Waals surface area contributed by atoms with Crippen molar-refractivity contribution < 1.29 is 24.2 Å². The fourth-order valence-corrected chi connectivity index (χ4v) is 6.12. The number of likely N-dealkylation sites (tertiary alicyclic amines) is 1. The number of piperidine rings is 1. The van der Waals surface area contributed by atoms with Crippen molar-refractivity contribution in [1.82, 2.24) is 15.5 Å². The number of benzene rings is 2. The number of alkyl carbamates (subject to hydrolysis) is 1. The third kappa shape index (κ3) is 7.80. The molecule has 0 aromatic heterocycles. The van der Waals surface area contributed by atoms with Crippen molar-refractivity contribution in [1.29, 1.82) is 0 Å². The van der Waals surface area contributed by atoms with Crippen LogP contribution in [0.5, 0.6) is 0 Å². The highest BCUT2D eigenvalue weighted by Crippen LogP contribution is 2.46. The van der Waals surface area contributed by atoms with Gasteiger partial charge in [-0.15, -0.1) is 0 Å². The molecule has 222 valence electrons. The number of halogens is 1. The van der Waals surface area contributed by atoms with Crippen LogP contribution in [-0.4, -0.2) is 53.6 Å². The van der Waals surface area contributed by atoms with Gasteiger partial charge in [0, 0.05) is 36.0 Å². The number of carbonyl (C=O) groups excluding carboxylic acids is 3. The quantitative estimate of drug-likeness (QED) is 0.335. The van der Waals surface area contributed by atoms with Crippen molar-refractivity contribution in [2.75, 3.05) is 19.6 Å². The molecular weight excluding hydrogens is 542 g/mol. The first-order valence-electron chi connectivity index (χ1n) is 14.6. The molecule has 0 unspecified atom stereocenters. The molecule has 0 spiro atoms. The molecule has 9 heteroatoms. The fraction of sp³-hybridized carbons (Fsp3) is 0.531. The molecule has 0 bridgehead atoms. The summed E-state index contributed by atoms with van der Waals surface area (Å²) in [5.74, 6) is -0.302. The highest BCUT2D eigenvalue weighted by Gasteiger charge is 2.50. The number of nitrogens with one attached hydrogen (secondary N) is 2. The van der Waals surface area contributed by atoms with Gasteiger partial charge in [-0.1, -0.05) is 80.8 Å². The zero-order chi connectivity index (χ0) is 29.5. The molecule has 3 amide bonds. The molecule has 2 fully saturated rings. The van der Waals surface area contributed by atoms with Crippen LogP contribution in [0, 0.1) is 11.3 Å². The molecule has 2 aromatic carbocycles. The van der Waals surface area contributed by atoms with Crippen molar-refractivity contribution in [3.05, 3.63) is 70.7 Å². The van der Waals surface area contributed by atoms with Crippen molar-refractivity contribution in [2.24, 2.45) is 11.3 Å². The predicted octanol–water partition coefficient (Wildman–Crippen LogP) is 5.17. The third-order valence-corrected chi connectivity index (χ3v) is 8.83. The van der Waals surface area contributed by atoms with Gasteiger partial charge in [-0.25, -0.2) is 4.79 Å². The van der Waals surface area contributed by atoms with Crippen molar-refractivity contribution in [2.45, 2.75) is 77.0 Å². The second-order valence-corrected chi connectivity index (χ2v) is 12.4. The van der Waals surface area contributed by atoms with Crippen molar-refractivity contribution >= 4 is 29.5 Å². The number of nitrogens with zero attached hydrogens (tertiary/aromatic N) is 1. The van der Waals surface area contributed by atoms with E-state index in [2.05, 4.69) is 10.6 Å². The maximum atomic E-state index is 13.8. The Balaban J connectivity index is 1.35. The first kappa shape index (κ1) is 30.8. The molecule has 1 aliphatic heterocycles. The Kier molecular flexibility index (Phi) is 10.3. The van der Waals surface area contributed by atoms with Gasteiger partial charge in [0.2, 0.25) is 11.8 Å². The molecular formula is C32H42ClN3O5. The van der Waals surface area contributed by atoms with Crippen LogP contribution < -0.4 is 10.6 Å². The molecule has 1 saturated heterocycles. The molecule has 2 atom stereocenters. The van der Waals surface area contributed by atoms with Gasteiger partial charge in [-0.05, 0) is 55.4 Å². The number of aliphatic hydroxyl groups is 1. The molecule has 2 aliphatic rings. The number of ether oxygens (including phenoxy) is 1. The normalized spacial score (nSPS) is 21.2. The number of hydrogen-bond acceptors (Lipinski definition) is 5. The highest BCUT2D eigenvalue weighted by molar-refractivity contribution is 6.30. The van der Waals surface area contributed by atoms with Gasteiger partial charge in [-0.2, -0.15) is 0 Å². The van der Waals surface area contributed by atoms with Crippen molar-refractivity contribution in [3.8, 4) is 0 Å². The van der Waals surface area contributed by atoms with E-state index in [1.807, 2.05) is 56.3 Å². The summed E-state index contributed by atoms with van der Waals surface area (Å²) in [6, 6.07) is 15.9. The Morgan fingerprint density at radius 3 is 2.41 bits per heavy atom. The van der Waals surface area contributed by atoms with E-state index in [0.717, 1.165) is 36.8 Å². The fourth-order valence-electron chi connectivity index (χ4n) is 6.00. The Morgan fingerprint density at radius 2 is 1.76 bits per heavy atom. The van der Waals surface area contributed by atoms with E-state index in [9.17, 15) is 19.5 Å². The molecule has 2 aromatic rings. The van der Waals surface area contributed by atoms with E-state index in [0.29, 0.717) is 43.9 Å². The smallest absolute Gasteiger partial charge is 0.407 e. The summed E-state index contributed by atoms with van der Waals surface area (Å²) in [5.41, 5.74) is -0.0922. The van der Waals surface area contributed by atoms with Gasteiger partial charge in [0.15, 0.2) is 0 Å². The third-order valence-electron chi connectivity index (χ3n) is 8.57. The second kappa shape index (κ2) is 13.7. The van der Waals surface area contributed by atoms with E-state index in [-0.39, 0.29) is 24.3 Å². The average molecular weight is 584 g/mol. The maximum absolute atomic E-state index is 13.8. The van der Waals surface area contributed by atoms with Gasteiger partial charge in [-0.3, -0.25) is 9.59 Å². The Labute approximate surface area is 247 Å². The van der Waals surface area contributed by atoms with E-state index >= 15 is 0 Å². The van der Waals surface area contributed by atoms with Crippen LogP contribution in [0.4, 0.5) is 4.79 Å². The molecule has 1 heterocycles. The van der Waals surface area contributed by atoms with Crippen molar-refractivity contribution in [3.63, 3.8) is 0 Å². The minimum atomic E-state index is -1.12. The summed E-state index contributed by atoms with van der Waals surface area (Å²) in [5, 5.41) is 18.1.